The lowest BCUT2D eigenvalue weighted by Crippen LogP contribution is -2.49. The van der Waals surface area contributed by atoms with E-state index in [1.165, 1.54) is 16.2 Å². The molecule has 0 saturated heterocycles. The summed E-state index contributed by atoms with van der Waals surface area (Å²) in [5.41, 5.74) is 0.176. The molecule has 0 radical (unpaired) electrons. The molecule has 9 heteroatoms. The number of hydrazine groups is 1. The number of aromatic amines is 1. The van der Waals surface area contributed by atoms with Crippen LogP contribution < -0.4 is 15.6 Å². The molecule has 1 aliphatic rings. The molecule has 0 unspecified atom stereocenters. The number of H-pyrrole nitrogens is 1. The number of anilines is 2. The van der Waals surface area contributed by atoms with E-state index in [1.807, 2.05) is 6.07 Å². The summed E-state index contributed by atoms with van der Waals surface area (Å²) in [4.78, 5) is 31.9. The van der Waals surface area contributed by atoms with Crippen molar-refractivity contribution >= 4 is 38.8 Å². The van der Waals surface area contributed by atoms with E-state index in [2.05, 4.69) is 9.97 Å². The fourth-order valence-electron chi connectivity index (χ4n) is 3.34. The number of carbonyl (C=O) groups is 1. The van der Waals surface area contributed by atoms with Crippen LogP contribution in [0.4, 0.5) is 15.1 Å². The van der Waals surface area contributed by atoms with Crippen molar-refractivity contribution in [3.8, 4) is 6.07 Å². The van der Waals surface area contributed by atoms with Crippen LogP contribution in [0.5, 0.6) is 0 Å². The van der Waals surface area contributed by atoms with E-state index < -0.39 is 10.8 Å². The van der Waals surface area contributed by atoms with Gasteiger partial charge in [-0.1, -0.05) is 36.0 Å². The topological polar surface area (TPSA) is 93.1 Å². The number of carbonyl (C=O) groups excluding carboxylic acids is 1. The second-order valence-electron chi connectivity index (χ2n) is 6.59. The number of hydrogen-bond donors (Lipinski definition) is 1. The highest BCUT2D eigenvalue weighted by atomic mass is 32.1. The Morgan fingerprint density at radius 1 is 1.39 bits per heavy atom. The molecule has 1 aromatic carbocycles. The van der Waals surface area contributed by atoms with Crippen molar-refractivity contribution in [3.05, 3.63) is 51.6 Å². The zero-order valence-electron chi connectivity index (χ0n) is 15.0. The Morgan fingerprint density at radius 3 is 2.75 bits per heavy atom. The number of hydrogen-bond acceptors (Lipinski definition) is 6. The number of nitrogens with one attached hydrogen (secondary N) is 1. The van der Waals surface area contributed by atoms with E-state index in [4.69, 9.17) is 0 Å². The van der Waals surface area contributed by atoms with Crippen LogP contribution in [-0.2, 0) is 4.79 Å². The molecule has 1 N–H and O–H groups in total. The molecule has 0 atom stereocenters. The SMILES string of the molecule is CN(c1c(C#N)c(=O)[nH]c2ccccc12)N(C(=O)C1CCC1)c1cnc(F)s1. The predicted octanol–water partition coefficient (Wildman–Crippen LogP) is 3.18. The largest absolute Gasteiger partial charge is 0.321 e. The molecule has 0 spiro atoms. The van der Waals surface area contributed by atoms with Crippen LogP contribution in [0.25, 0.3) is 10.9 Å². The first-order chi connectivity index (χ1) is 13.5. The molecule has 0 aliphatic heterocycles. The number of nitrogens with zero attached hydrogens (tertiary/aromatic N) is 4. The van der Waals surface area contributed by atoms with Crippen molar-refractivity contribution < 1.29 is 9.18 Å². The van der Waals surface area contributed by atoms with Crippen LogP contribution >= 0.6 is 11.3 Å². The molecule has 2 heterocycles. The number of thiazole rings is 1. The van der Waals surface area contributed by atoms with Crippen molar-refractivity contribution in [2.24, 2.45) is 5.92 Å². The molecular formula is C19H16FN5O2S. The van der Waals surface area contributed by atoms with E-state index >= 15 is 0 Å². The molecule has 3 aromatic rings. The van der Waals surface area contributed by atoms with Gasteiger partial charge in [0.25, 0.3) is 10.8 Å². The van der Waals surface area contributed by atoms with Crippen molar-refractivity contribution in [1.82, 2.24) is 9.97 Å². The van der Waals surface area contributed by atoms with Gasteiger partial charge in [-0.15, -0.1) is 0 Å². The molecule has 4 rings (SSSR count). The van der Waals surface area contributed by atoms with Gasteiger partial charge < -0.3 is 4.98 Å². The molecule has 1 amide bonds. The Labute approximate surface area is 163 Å². The highest BCUT2D eigenvalue weighted by molar-refractivity contribution is 7.14. The zero-order chi connectivity index (χ0) is 19.8. The van der Waals surface area contributed by atoms with Gasteiger partial charge in [-0.05, 0) is 18.9 Å². The molecule has 1 fully saturated rings. The maximum absolute atomic E-state index is 13.6. The van der Waals surface area contributed by atoms with Gasteiger partial charge in [0.05, 0.1) is 17.4 Å². The minimum absolute atomic E-state index is 0.113. The van der Waals surface area contributed by atoms with E-state index in [0.717, 1.165) is 30.6 Å². The summed E-state index contributed by atoms with van der Waals surface area (Å²) >= 11 is 0.739. The van der Waals surface area contributed by atoms with E-state index in [-0.39, 0.29) is 17.4 Å². The lowest BCUT2D eigenvalue weighted by Gasteiger charge is -2.37. The van der Waals surface area contributed by atoms with Crippen LogP contribution in [0.2, 0.25) is 0 Å². The first-order valence-electron chi connectivity index (χ1n) is 8.75. The Morgan fingerprint density at radius 2 is 2.14 bits per heavy atom. The molecule has 7 nitrogen and oxygen atoms in total. The fraction of sp³-hybridized carbons (Fsp3) is 0.263. The number of nitriles is 1. The minimum atomic E-state index is -0.661. The maximum atomic E-state index is 13.6. The third-order valence-electron chi connectivity index (χ3n) is 4.97. The van der Waals surface area contributed by atoms with Gasteiger partial charge in [-0.2, -0.15) is 9.65 Å². The maximum Gasteiger partial charge on any atom is 0.270 e. The third kappa shape index (κ3) is 2.92. The Kier molecular flexibility index (Phi) is 4.57. The first-order valence-corrected chi connectivity index (χ1v) is 9.57. The third-order valence-corrected chi connectivity index (χ3v) is 5.73. The molecule has 2 aromatic heterocycles. The second-order valence-corrected chi connectivity index (χ2v) is 7.55. The average molecular weight is 397 g/mol. The fourth-order valence-corrected chi connectivity index (χ4v) is 4.02. The van der Waals surface area contributed by atoms with Crippen LogP contribution in [0, 0.1) is 22.5 Å². The molecular weight excluding hydrogens is 381 g/mol. The lowest BCUT2D eigenvalue weighted by molar-refractivity contribution is -0.124. The number of pyridine rings is 1. The number of benzene rings is 1. The van der Waals surface area contributed by atoms with Crippen LogP contribution in [-0.4, -0.2) is 22.9 Å². The van der Waals surface area contributed by atoms with Crippen molar-refractivity contribution in [3.63, 3.8) is 0 Å². The summed E-state index contributed by atoms with van der Waals surface area (Å²) in [6.07, 6.45) is 3.76. The summed E-state index contributed by atoms with van der Waals surface area (Å²) in [7, 11) is 1.59. The van der Waals surface area contributed by atoms with Gasteiger partial charge in [0, 0.05) is 18.4 Å². The Hall–Kier alpha value is -3.25. The number of aromatic nitrogens is 2. The zero-order valence-corrected chi connectivity index (χ0v) is 15.8. The van der Waals surface area contributed by atoms with E-state index in [1.54, 1.807) is 31.3 Å². The van der Waals surface area contributed by atoms with Crippen LogP contribution in [0.1, 0.15) is 24.8 Å². The van der Waals surface area contributed by atoms with Gasteiger partial charge in [-0.25, -0.2) is 9.99 Å². The summed E-state index contributed by atoms with van der Waals surface area (Å²) in [6.45, 7) is 0. The number of rotatable bonds is 4. The minimum Gasteiger partial charge on any atom is -0.321 e. The first kappa shape index (κ1) is 18.1. The van der Waals surface area contributed by atoms with E-state index in [0.29, 0.717) is 21.6 Å². The highest BCUT2D eigenvalue weighted by Crippen LogP contribution is 2.36. The summed E-state index contributed by atoms with van der Waals surface area (Å²) in [5, 5.41) is 12.6. The number of fused-ring (bicyclic) bond motifs is 1. The van der Waals surface area contributed by atoms with Gasteiger partial charge in [0.15, 0.2) is 0 Å². The smallest absolute Gasteiger partial charge is 0.270 e. The quantitative estimate of drug-likeness (QED) is 0.683. The second kappa shape index (κ2) is 7.05. The van der Waals surface area contributed by atoms with Crippen molar-refractivity contribution in [2.45, 2.75) is 19.3 Å². The number of para-hydroxylation sites is 1. The van der Waals surface area contributed by atoms with Crippen molar-refractivity contribution in [1.29, 1.82) is 5.26 Å². The highest BCUT2D eigenvalue weighted by Gasteiger charge is 2.35. The lowest BCUT2D eigenvalue weighted by atomic mass is 9.84. The van der Waals surface area contributed by atoms with E-state index in [9.17, 15) is 19.2 Å². The molecule has 1 saturated carbocycles. The number of halogens is 1. The summed E-state index contributed by atoms with van der Waals surface area (Å²) < 4.78 is 13.6. The van der Waals surface area contributed by atoms with Gasteiger partial charge >= 0.3 is 0 Å². The van der Waals surface area contributed by atoms with Crippen LogP contribution in [0.3, 0.4) is 0 Å². The molecule has 0 bridgehead atoms. The normalized spacial score (nSPS) is 13.8. The molecule has 142 valence electrons. The van der Waals surface area contributed by atoms with Crippen molar-refractivity contribution in [2.75, 3.05) is 17.1 Å². The molecule has 1 aliphatic carbocycles. The predicted molar refractivity (Wildman–Crippen MR) is 105 cm³/mol. The molecule has 28 heavy (non-hydrogen) atoms. The average Bonchev–Trinajstić information content (AvgIpc) is 3.04. The summed E-state index contributed by atoms with van der Waals surface area (Å²) in [6, 6.07) is 8.97. The van der Waals surface area contributed by atoms with Gasteiger partial charge in [0.1, 0.15) is 16.6 Å². The summed E-state index contributed by atoms with van der Waals surface area (Å²) in [5.74, 6) is -0.378. The Balaban J connectivity index is 1.92. The van der Waals surface area contributed by atoms with Gasteiger partial charge in [0.2, 0.25) is 5.91 Å². The standard InChI is InChI=1S/C19H16FN5O2S/c1-24(16-12-7-2-3-8-14(12)23-17(26)13(16)9-21)25(15-10-22-19(20)28-15)18(27)11-5-4-6-11/h2-3,7-8,10-11H,4-6H2,1H3,(H,23,26). The number of amides is 1. The van der Waals surface area contributed by atoms with Crippen LogP contribution in [0.15, 0.2) is 35.3 Å². The monoisotopic (exact) mass is 397 g/mol. The van der Waals surface area contributed by atoms with Gasteiger partial charge in [-0.3, -0.25) is 14.6 Å². The Bertz CT molecular complexity index is 1160.